The van der Waals surface area contributed by atoms with Crippen LogP contribution in [0.15, 0.2) is 55.1 Å². The van der Waals surface area contributed by atoms with E-state index in [-0.39, 0.29) is 0 Å². The molecule has 0 spiro atoms. The van der Waals surface area contributed by atoms with Gasteiger partial charge in [0, 0.05) is 30.6 Å². The summed E-state index contributed by atoms with van der Waals surface area (Å²) in [6.45, 7) is 2.11. The first-order chi connectivity index (χ1) is 11.8. The standard InChI is InChI=1S/C19H17N5/c1-3-13-9-16-19(20-10-13)18(22-12-21-16)15-11-24(2)23-17(15)14-7-5-4-6-8-14/h4-12H,3H2,1-2H3. The molecule has 0 aliphatic heterocycles. The topological polar surface area (TPSA) is 56.5 Å². The van der Waals surface area contributed by atoms with E-state index in [1.54, 1.807) is 6.33 Å². The minimum Gasteiger partial charge on any atom is -0.274 e. The van der Waals surface area contributed by atoms with E-state index in [9.17, 15) is 0 Å². The lowest BCUT2D eigenvalue weighted by molar-refractivity contribution is 0.771. The fourth-order valence-electron chi connectivity index (χ4n) is 2.85. The molecule has 5 heteroatoms. The smallest absolute Gasteiger partial charge is 0.116 e. The number of aryl methyl sites for hydroxylation is 2. The monoisotopic (exact) mass is 315 g/mol. The molecule has 0 amide bonds. The fourth-order valence-corrected chi connectivity index (χ4v) is 2.85. The van der Waals surface area contributed by atoms with Crippen LogP contribution in [-0.2, 0) is 13.5 Å². The zero-order valence-electron chi connectivity index (χ0n) is 13.6. The van der Waals surface area contributed by atoms with Crippen molar-refractivity contribution in [1.29, 1.82) is 0 Å². The summed E-state index contributed by atoms with van der Waals surface area (Å²) >= 11 is 0. The van der Waals surface area contributed by atoms with Gasteiger partial charge in [0.1, 0.15) is 23.2 Å². The zero-order chi connectivity index (χ0) is 16.5. The molecule has 118 valence electrons. The first-order valence-corrected chi connectivity index (χ1v) is 7.95. The average molecular weight is 315 g/mol. The predicted octanol–water partition coefficient (Wildman–Crippen LogP) is 3.65. The summed E-state index contributed by atoms with van der Waals surface area (Å²) < 4.78 is 1.81. The van der Waals surface area contributed by atoms with Crippen molar-refractivity contribution in [1.82, 2.24) is 24.7 Å². The lowest BCUT2D eigenvalue weighted by Gasteiger charge is -2.06. The summed E-state index contributed by atoms with van der Waals surface area (Å²) in [6, 6.07) is 12.2. The van der Waals surface area contributed by atoms with Crippen molar-refractivity contribution in [2.24, 2.45) is 7.05 Å². The van der Waals surface area contributed by atoms with Gasteiger partial charge in [-0.25, -0.2) is 9.97 Å². The molecule has 0 saturated carbocycles. The Hall–Kier alpha value is -3.08. The molecule has 0 bridgehead atoms. The van der Waals surface area contributed by atoms with Crippen LogP contribution in [0.5, 0.6) is 0 Å². The van der Waals surface area contributed by atoms with Gasteiger partial charge in [-0.15, -0.1) is 0 Å². The van der Waals surface area contributed by atoms with E-state index in [0.29, 0.717) is 0 Å². The Balaban J connectivity index is 1.96. The van der Waals surface area contributed by atoms with Gasteiger partial charge >= 0.3 is 0 Å². The van der Waals surface area contributed by atoms with E-state index in [1.165, 1.54) is 5.56 Å². The van der Waals surface area contributed by atoms with Crippen LogP contribution in [0.2, 0.25) is 0 Å². The Morgan fingerprint density at radius 1 is 1.00 bits per heavy atom. The van der Waals surface area contributed by atoms with Crippen LogP contribution >= 0.6 is 0 Å². The fraction of sp³-hybridized carbons (Fsp3) is 0.158. The van der Waals surface area contributed by atoms with E-state index in [4.69, 9.17) is 0 Å². The second-order valence-corrected chi connectivity index (χ2v) is 5.72. The van der Waals surface area contributed by atoms with Crippen molar-refractivity contribution < 1.29 is 0 Å². The number of pyridine rings is 1. The van der Waals surface area contributed by atoms with Gasteiger partial charge in [0.15, 0.2) is 0 Å². The molecular formula is C19H17N5. The minimum absolute atomic E-state index is 0.805. The lowest BCUT2D eigenvalue weighted by Crippen LogP contribution is -1.94. The molecule has 4 aromatic rings. The first kappa shape index (κ1) is 14.5. The van der Waals surface area contributed by atoms with Crippen LogP contribution in [0.3, 0.4) is 0 Å². The molecule has 3 aromatic heterocycles. The molecule has 24 heavy (non-hydrogen) atoms. The third kappa shape index (κ3) is 2.44. The molecule has 0 fully saturated rings. The summed E-state index contributed by atoms with van der Waals surface area (Å²) in [6.07, 6.45) is 6.41. The molecule has 0 saturated heterocycles. The molecule has 0 radical (unpaired) electrons. The van der Waals surface area contributed by atoms with Crippen LogP contribution in [0.4, 0.5) is 0 Å². The van der Waals surface area contributed by atoms with Crippen molar-refractivity contribution in [3.63, 3.8) is 0 Å². The zero-order valence-corrected chi connectivity index (χ0v) is 13.6. The quantitative estimate of drug-likeness (QED) is 0.579. The highest BCUT2D eigenvalue weighted by Crippen LogP contribution is 2.32. The number of benzene rings is 1. The van der Waals surface area contributed by atoms with E-state index in [1.807, 2.05) is 42.3 Å². The van der Waals surface area contributed by atoms with Crippen LogP contribution in [0.25, 0.3) is 33.5 Å². The summed E-state index contributed by atoms with van der Waals surface area (Å²) in [5.74, 6) is 0. The first-order valence-electron chi connectivity index (χ1n) is 7.95. The van der Waals surface area contributed by atoms with Gasteiger partial charge in [-0.2, -0.15) is 5.10 Å². The third-order valence-electron chi connectivity index (χ3n) is 4.07. The number of fused-ring (bicyclic) bond motifs is 1. The van der Waals surface area contributed by atoms with Gasteiger partial charge < -0.3 is 0 Å². The minimum atomic E-state index is 0.805. The molecule has 0 unspecified atom stereocenters. The number of hydrogen-bond donors (Lipinski definition) is 0. The maximum absolute atomic E-state index is 4.63. The normalized spacial score (nSPS) is 11.1. The molecule has 1 aromatic carbocycles. The van der Waals surface area contributed by atoms with Crippen molar-refractivity contribution in [3.05, 3.63) is 60.7 Å². The number of rotatable bonds is 3. The van der Waals surface area contributed by atoms with Gasteiger partial charge in [-0.1, -0.05) is 37.3 Å². The SMILES string of the molecule is CCc1cnc2c(-c3cn(C)nc3-c3ccccc3)ncnc2c1. The Bertz CT molecular complexity index is 1000. The number of hydrogen-bond acceptors (Lipinski definition) is 4. The van der Waals surface area contributed by atoms with E-state index in [2.05, 4.69) is 45.2 Å². The van der Waals surface area contributed by atoms with Gasteiger partial charge in [-0.05, 0) is 18.1 Å². The second kappa shape index (κ2) is 5.85. The highest BCUT2D eigenvalue weighted by molar-refractivity contribution is 5.93. The Kier molecular flexibility index (Phi) is 3.54. The lowest BCUT2D eigenvalue weighted by atomic mass is 10.0. The van der Waals surface area contributed by atoms with Crippen molar-refractivity contribution in [3.8, 4) is 22.5 Å². The van der Waals surface area contributed by atoms with Crippen LogP contribution in [0, 0.1) is 0 Å². The second-order valence-electron chi connectivity index (χ2n) is 5.72. The van der Waals surface area contributed by atoms with Gasteiger partial charge in [0.05, 0.1) is 5.52 Å². The third-order valence-corrected chi connectivity index (χ3v) is 4.07. The number of aromatic nitrogens is 5. The summed E-state index contributed by atoms with van der Waals surface area (Å²) in [7, 11) is 1.92. The van der Waals surface area contributed by atoms with Crippen LogP contribution < -0.4 is 0 Å². The molecule has 0 N–H and O–H groups in total. The largest absolute Gasteiger partial charge is 0.274 e. The van der Waals surface area contributed by atoms with Crippen LogP contribution in [0.1, 0.15) is 12.5 Å². The Labute approximate surface area is 140 Å². The van der Waals surface area contributed by atoms with Gasteiger partial charge in [0.2, 0.25) is 0 Å². The van der Waals surface area contributed by atoms with Gasteiger partial charge in [-0.3, -0.25) is 9.67 Å². The Morgan fingerprint density at radius 2 is 1.83 bits per heavy atom. The average Bonchev–Trinajstić information content (AvgIpc) is 3.03. The van der Waals surface area contributed by atoms with Crippen LogP contribution in [-0.4, -0.2) is 24.7 Å². The maximum Gasteiger partial charge on any atom is 0.116 e. The van der Waals surface area contributed by atoms with Gasteiger partial charge in [0.25, 0.3) is 0 Å². The highest BCUT2D eigenvalue weighted by atomic mass is 15.3. The van der Waals surface area contributed by atoms with Crippen molar-refractivity contribution in [2.45, 2.75) is 13.3 Å². The molecule has 5 nitrogen and oxygen atoms in total. The molecule has 0 aliphatic carbocycles. The predicted molar refractivity (Wildman–Crippen MR) is 94.3 cm³/mol. The van der Waals surface area contributed by atoms with E-state index in [0.717, 1.165) is 40.0 Å². The summed E-state index contributed by atoms with van der Waals surface area (Å²) in [5.41, 5.74) is 6.58. The molecule has 0 atom stereocenters. The molecule has 0 aliphatic rings. The maximum atomic E-state index is 4.63. The number of nitrogens with zero attached hydrogens (tertiary/aromatic N) is 5. The summed E-state index contributed by atoms with van der Waals surface area (Å²) in [4.78, 5) is 13.5. The molecule has 3 heterocycles. The van der Waals surface area contributed by atoms with E-state index < -0.39 is 0 Å². The van der Waals surface area contributed by atoms with Crippen molar-refractivity contribution >= 4 is 11.0 Å². The molecular weight excluding hydrogens is 298 g/mol. The van der Waals surface area contributed by atoms with Crippen molar-refractivity contribution in [2.75, 3.05) is 0 Å². The molecule has 4 rings (SSSR count). The summed E-state index contributed by atoms with van der Waals surface area (Å²) in [5, 5.41) is 4.63. The van der Waals surface area contributed by atoms with E-state index >= 15 is 0 Å². The highest BCUT2D eigenvalue weighted by Gasteiger charge is 2.16. The Morgan fingerprint density at radius 3 is 2.62 bits per heavy atom.